The number of thiazole rings is 1. The number of alkyl halides is 3. The van der Waals surface area contributed by atoms with Crippen molar-refractivity contribution < 1.29 is 32.2 Å². The van der Waals surface area contributed by atoms with Crippen LogP contribution in [0.5, 0.6) is 11.5 Å². The van der Waals surface area contributed by atoms with Crippen LogP contribution in [0.4, 0.5) is 18.3 Å². The average Bonchev–Trinajstić information content (AvgIpc) is 3.47. The second-order valence-electron chi connectivity index (χ2n) is 8.91. The lowest BCUT2D eigenvalue weighted by Gasteiger charge is -2.16. The summed E-state index contributed by atoms with van der Waals surface area (Å²) in [6, 6.07) is 5.58. The zero-order valence-electron chi connectivity index (χ0n) is 21.7. The summed E-state index contributed by atoms with van der Waals surface area (Å²) >= 11 is 7.32. The van der Waals surface area contributed by atoms with Crippen LogP contribution in [0.15, 0.2) is 36.7 Å². The van der Waals surface area contributed by atoms with Crippen molar-refractivity contribution in [1.29, 1.82) is 0 Å². The highest BCUT2D eigenvalue weighted by molar-refractivity contribution is 7.16. The Bertz CT molecular complexity index is 1660. The maximum Gasteiger partial charge on any atom is 0.573 e. The minimum Gasteiger partial charge on any atom is -0.494 e. The van der Waals surface area contributed by atoms with Crippen molar-refractivity contribution in [2.45, 2.75) is 33.3 Å². The minimum absolute atomic E-state index is 0.0215. The molecule has 15 heteroatoms. The van der Waals surface area contributed by atoms with E-state index in [0.29, 0.717) is 33.4 Å². The molecule has 0 spiro atoms. The van der Waals surface area contributed by atoms with E-state index in [2.05, 4.69) is 30.0 Å². The fourth-order valence-corrected chi connectivity index (χ4v) is 5.36. The summed E-state index contributed by atoms with van der Waals surface area (Å²) in [5.41, 5.74) is 2.57. The standard InChI is InChI=1S/C26H20ClF3N6O4S/c1-12-6-14(15-7-22(27)32-9-20(15)39-3)16(8-31-12)23(37)35-25-34-18-10-36(11-21(18)41-25)24(38)17-4-5-19(13(2)33-17)40-26(28,29)30/h4-9H,10-11H2,1-3H3,(H,34,35,37). The number of anilines is 1. The highest BCUT2D eigenvalue weighted by atomic mass is 35.5. The molecule has 5 heterocycles. The summed E-state index contributed by atoms with van der Waals surface area (Å²) < 4.78 is 46.9. The second-order valence-corrected chi connectivity index (χ2v) is 10.4. The molecular formula is C26H20ClF3N6O4S. The second kappa shape index (κ2) is 10.9. The van der Waals surface area contributed by atoms with E-state index in [-0.39, 0.29) is 35.2 Å². The number of methoxy groups -OCH3 is 1. The van der Waals surface area contributed by atoms with Gasteiger partial charge in [-0.05, 0) is 38.1 Å². The molecule has 212 valence electrons. The van der Waals surface area contributed by atoms with E-state index in [1.165, 1.54) is 48.7 Å². The summed E-state index contributed by atoms with van der Waals surface area (Å²) in [5, 5.41) is 3.36. The Morgan fingerprint density at radius 1 is 1.05 bits per heavy atom. The van der Waals surface area contributed by atoms with Crippen LogP contribution in [0, 0.1) is 13.8 Å². The van der Waals surface area contributed by atoms with Gasteiger partial charge < -0.3 is 14.4 Å². The van der Waals surface area contributed by atoms with Crippen LogP contribution >= 0.6 is 22.9 Å². The first-order chi connectivity index (χ1) is 19.4. The Balaban J connectivity index is 1.31. The molecule has 0 fully saturated rings. The Kier molecular flexibility index (Phi) is 7.53. The number of carbonyl (C=O) groups is 2. The summed E-state index contributed by atoms with van der Waals surface area (Å²) in [5.74, 6) is -0.972. The van der Waals surface area contributed by atoms with Gasteiger partial charge in [-0.25, -0.2) is 15.0 Å². The summed E-state index contributed by atoms with van der Waals surface area (Å²) in [4.78, 5) is 45.2. The predicted molar refractivity (Wildman–Crippen MR) is 143 cm³/mol. The number of aromatic nitrogens is 4. The van der Waals surface area contributed by atoms with E-state index in [1.54, 1.807) is 19.1 Å². The molecule has 0 unspecified atom stereocenters. The van der Waals surface area contributed by atoms with Crippen LogP contribution in [0.1, 0.15) is 42.8 Å². The lowest BCUT2D eigenvalue weighted by Crippen LogP contribution is -2.27. The number of carbonyl (C=O) groups excluding carboxylic acids is 2. The third-order valence-electron chi connectivity index (χ3n) is 6.07. The summed E-state index contributed by atoms with van der Waals surface area (Å²) in [6.07, 6.45) is -1.94. The van der Waals surface area contributed by atoms with Crippen molar-refractivity contribution in [2.75, 3.05) is 12.4 Å². The third kappa shape index (κ3) is 6.07. The molecule has 0 saturated carbocycles. The number of nitrogens with zero attached hydrogens (tertiary/aromatic N) is 5. The first-order valence-corrected chi connectivity index (χ1v) is 13.1. The fourth-order valence-electron chi connectivity index (χ4n) is 4.22. The average molecular weight is 605 g/mol. The van der Waals surface area contributed by atoms with Gasteiger partial charge in [0.15, 0.2) is 10.9 Å². The number of fused-ring (bicyclic) bond motifs is 1. The molecule has 2 amide bonds. The first kappa shape index (κ1) is 28.2. The Labute approximate surface area is 240 Å². The number of hydrogen-bond acceptors (Lipinski definition) is 9. The molecule has 0 saturated heterocycles. The van der Waals surface area contributed by atoms with Crippen molar-refractivity contribution in [3.8, 4) is 22.6 Å². The van der Waals surface area contributed by atoms with E-state index in [1.807, 2.05) is 0 Å². The van der Waals surface area contributed by atoms with Crippen LogP contribution in [-0.4, -0.2) is 50.1 Å². The number of hydrogen-bond donors (Lipinski definition) is 1. The van der Waals surface area contributed by atoms with Crippen molar-refractivity contribution in [2.24, 2.45) is 0 Å². The molecule has 10 nitrogen and oxygen atoms in total. The molecule has 1 aliphatic heterocycles. The number of ether oxygens (including phenoxy) is 2. The van der Waals surface area contributed by atoms with Gasteiger partial charge in [0.05, 0.1) is 48.2 Å². The smallest absolute Gasteiger partial charge is 0.494 e. The highest BCUT2D eigenvalue weighted by Crippen LogP contribution is 2.36. The van der Waals surface area contributed by atoms with Crippen molar-refractivity contribution in [3.05, 3.63) is 75.0 Å². The van der Waals surface area contributed by atoms with Crippen molar-refractivity contribution in [1.82, 2.24) is 24.8 Å². The van der Waals surface area contributed by atoms with Crippen molar-refractivity contribution >= 4 is 39.9 Å². The molecule has 0 radical (unpaired) electrons. The van der Waals surface area contributed by atoms with Crippen LogP contribution in [0.25, 0.3) is 11.1 Å². The largest absolute Gasteiger partial charge is 0.573 e. The van der Waals surface area contributed by atoms with Gasteiger partial charge in [0, 0.05) is 23.0 Å². The van der Waals surface area contributed by atoms with Gasteiger partial charge in [-0.15, -0.1) is 13.2 Å². The molecule has 5 rings (SSSR count). The van der Waals surface area contributed by atoms with Crippen molar-refractivity contribution in [3.63, 3.8) is 0 Å². The fraction of sp³-hybridized carbons (Fsp3) is 0.231. The number of pyridine rings is 3. The number of aryl methyl sites for hydroxylation is 2. The SMILES string of the molecule is COc1cnc(Cl)cc1-c1cc(C)ncc1C(=O)Nc1nc2c(s1)CN(C(=O)c1ccc(OC(F)(F)F)c(C)n1)C2. The lowest BCUT2D eigenvalue weighted by atomic mass is 10.0. The lowest BCUT2D eigenvalue weighted by molar-refractivity contribution is -0.275. The van der Waals surface area contributed by atoms with Gasteiger partial charge in [-0.1, -0.05) is 22.9 Å². The molecule has 0 bridgehead atoms. The Morgan fingerprint density at radius 2 is 1.83 bits per heavy atom. The van der Waals surface area contributed by atoms with Gasteiger partial charge in [0.1, 0.15) is 16.6 Å². The molecule has 1 aliphatic rings. The van der Waals surface area contributed by atoms with Gasteiger partial charge in [0.25, 0.3) is 11.8 Å². The first-order valence-electron chi connectivity index (χ1n) is 11.9. The van der Waals surface area contributed by atoms with Crippen LogP contribution in [0.2, 0.25) is 5.15 Å². The quantitative estimate of drug-likeness (QED) is 0.283. The molecule has 41 heavy (non-hydrogen) atoms. The maximum atomic E-state index is 13.3. The van der Waals surface area contributed by atoms with E-state index in [4.69, 9.17) is 16.3 Å². The molecule has 0 aliphatic carbocycles. The normalized spacial score (nSPS) is 12.7. The van der Waals surface area contributed by atoms with E-state index >= 15 is 0 Å². The number of halogens is 4. The van der Waals surface area contributed by atoms with E-state index < -0.39 is 23.9 Å². The molecular weight excluding hydrogens is 585 g/mol. The maximum absolute atomic E-state index is 13.3. The third-order valence-corrected chi connectivity index (χ3v) is 7.28. The number of rotatable bonds is 6. The van der Waals surface area contributed by atoms with Crippen LogP contribution < -0.4 is 14.8 Å². The molecule has 1 N–H and O–H groups in total. The van der Waals surface area contributed by atoms with Crippen LogP contribution in [-0.2, 0) is 13.1 Å². The van der Waals surface area contributed by atoms with Gasteiger partial charge >= 0.3 is 6.36 Å². The number of nitrogens with one attached hydrogen (secondary N) is 1. The van der Waals surface area contributed by atoms with Gasteiger partial charge in [-0.3, -0.25) is 19.9 Å². The highest BCUT2D eigenvalue weighted by Gasteiger charge is 2.33. The molecule has 4 aromatic heterocycles. The van der Waals surface area contributed by atoms with Gasteiger partial charge in [-0.2, -0.15) is 0 Å². The number of amides is 2. The summed E-state index contributed by atoms with van der Waals surface area (Å²) in [6.45, 7) is 3.46. The van der Waals surface area contributed by atoms with E-state index in [9.17, 15) is 22.8 Å². The Morgan fingerprint density at radius 3 is 2.51 bits per heavy atom. The minimum atomic E-state index is -4.86. The summed E-state index contributed by atoms with van der Waals surface area (Å²) in [7, 11) is 1.49. The zero-order valence-corrected chi connectivity index (χ0v) is 23.2. The molecule has 4 aromatic rings. The topological polar surface area (TPSA) is 119 Å². The van der Waals surface area contributed by atoms with Gasteiger partial charge in [0.2, 0.25) is 0 Å². The Hall–Kier alpha value is -4.30. The monoisotopic (exact) mass is 604 g/mol. The zero-order chi connectivity index (χ0) is 29.5. The van der Waals surface area contributed by atoms with Crippen LogP contribution in [0.3, 0.4) is 0 Å². The predicted octanol–water partition coefficient (Wildman–Crippen LogP) is 5.58. The van der Waals surface area contributed by atoms with E-state index in [0.717, 1.165) is 10.9 Å². The molecule has 0 atom stereocenters. The molecule has 0 aromatic carbocycles.